The number of rotatable bonds is 4. The highest BCUT2D eigenvalue weighted by Crippen LogP contribution is 2.36. The van der Waals surface area contributed by atoms with Crippen LogP contribution in [-0.2, 0) is 6.42 Å². The summed E-state index contributed by atoms with van der Waals surface area (Å²) in [6.45, 7) is 2.00. The van der Waals surface area contributed by atoms with Gasteiger partial charge in [-0.05, 0) is 17.6 Å². The zero-order chi connectivity index (χ0) is 12.3. The molecule has 0 fully saturated rings. The Kier molecular flexibility index (Phi) is 4.15. The van der Waals surface area contributed by atoms with Crippen molar-refractivity contribution >= 4 is 41.2 Å². The van der Waals surface area contributed by atoms with E-state index in [1.807, 2.05) is 6.92 Å². The number of carbonyl (C=O) groups is 1. The molecule has 0 saturated carbocycles. The van der Waals surface area contributed by atoms with Gasteiger partial charge in [0, 0.05) is 16.9 Å². The van der Waals surface area contributed by atoms with Gasteiger partial charge in [-0.15, -0.1) is 0 Å². The molecule has 1 aromatic carbocycles. The normalized spacial score (nSPS) is 10.5. The first-order chi connectivity index (χ1) is 8.24. The van der Waals surface area contributed by atoms with Crippen molar-refractivity contribution in [2.24, 2.45) is 0 Å². The van der Waals surface area contributed by atoms with Crippen molar-refractivity contribution in [1.29, 1.82) is 0 Å². The molecule has 0 aliphatic carbocycles. The molecule has 2 rings (SSSR count). The lowest BCUT2D eigenvalue weighted by atomic mass is 10.2. The van der Waals surface area contributed by atoms with Crippen molar-refractivity contribution in [3.8, 4) is 0 Å². The Morgan fingerprint density at radius 2 is 2.35 bits per heavy atom. The van der Waals surface area contributed by atoms with Gasteiger partial charge in [0.15, 0.2) is 10.6 Å². The third-order valence-corrected chi connectivity index (χ3v) is 4.46. The number of hydrogen-bond acceptors (Lipinski definition) is 5. The number of benzene rings is 1. The molecule has 0 amide bonds. The quantitative estimate of drug-likeness (QED) is 0.803. The number of carbonyl (C=O) groups excluding carboxylic acids is 1. The standard InChI is InChI=1S/C11H9ClN2OS2/c1-2-9-13-11(17-14-9)16-10-7(6-15)4-3-5-8(10)12/h3-6H,2H2,1H3. The van der Waals surface area contributed by atoms with Crippen LogP contribution in [0.1, 0.15) is 23.1 Å². The number of nitrogens with zero attached hydrogens (tertiary/aromatic N) is 2. The molecule has 0 radical (unpaired) electrons. The lowest BCUT2D eigenvalue weighted by molar-refractivity contribution is 0.112. The predicted octanol–water partition coefficient (Wildman–Crippen LogP) is 3.72. The molecule has 0 bridgehead atoms. The zero-order valence-corrected chi connectivity index (χ0v) is 11.4. The van der Waals surface area contributed by atoms with Gasteiger partial charge >= 0.3 is 0 Å². The van der Waals surface area contributed by atoms with Crippen LogP contribution in [0.2, 0.25) is 5.02 Å². The third kappa shape index (κ3) is 2.86. The highest BCUT2D eigenvalue weighted by atomic mass is 35.5. The van der Waals surface area contributed by atoms with Crippen molar-refractivity contribution < 1.29 is 4.79 Å². The minimum absolute atomic E-state index is 0.563. The van der Waals surface area contributed by atoms with Gasteiger partial charge in [-0.3, -0.25) is 4.79 Å². The monoisotopic (exact) mass is 284 g/mol. The average Bonchev–Trinajstić information content (AvgIpc) is 2.79. The lowest BCUT2D eigenvalue weighted by Gasteiger charge is -2.03. The summed E-state index contributed by atoms with van der Waals surface area (Å²) in [5.74, 6) is 0.817. The van der Waals surface area contributed by atoms with Crippen molar-refractivity contribution in [3.05, 3.63) is 34.6 Å². The van der Waals surface area contributed by atoms with Crippen molar-refractivity contribution in [1.82, 2.24) is 9.36 Å². The van der Waals surface area contributed by atoms with Crippen LogP contribution < -0.4 is 0 Å². The summed E-state index contributed by atoms with van der Waals surface area (Å²) in [4.78, 5) is 16.0. The Bertz CT molecular complexity index is 542. The van der Waals surface area contributed by atoms with Crippen molar-refractivity contribution in [2.75, 3.05) is 0 Å². The van der Waals surface area contributed by atoms with E-state index >= 15 is 0 Å². The van der Waals surface area contributed by atoms with E-state index in [0.717, 1.165) is 27.8 Å². The number of halogens is 1. The second kappa shape index (κ2) is 5.62. The molecule has 0 aliphatic heterocycles. The fourth-order valence-corrected chi connectivity index (χ4v) is 3.27. The van der Waals surface area contributed by atoms with Crippen LogP contribution in [-0.4, -0.2) is 15.6 Å². The topological polar surface area (TPSA) is 42.9 Å². The molecule has 0 aliphatic rings. The van der Waals surface area contributed by atoms with Gasteiger partial charge in [0.1, 0.15) is 5.82 Å². The fourth-order valence-electron chi connectivity index (χ4n) is 1.24. The van der Waals surface area contributed by atoms with E-state index in [2.05, 4.69) is 9.36 Å². The summed E-state index contributed by atoms with van der Waals surface area (Å²) in [6.07, 6.45) is 1.61. The van der Waals surface area contributed by atoms with Crippen molar-refractivity contribution in [2.45, 2.75) is 22.6 Å². The Morgan fingerprint density at radius 3 is 3.00 bits per heavy atom. The number of aryl methyl sites for hydroxylation is 1. The SMILES string of the molecule is CCc1nsc(Sc2c(Cl)cccc2C=O)n1. The van der Waals surface area contributed by atoms with Gasteiger partial charge in [-0.1, -0.05) is 42.4 Å². The molecular formula is C11H9ClN2OS2. The molecule has 1 aromatic heterocycles. The molecule has 3 nitrogen and oxygen atoms in total. The first kappa shape index (κ1) is 12.5. The van der Waals surface area contributed by atoms with Crippen molar-refractivity contribution in [3.63, 3.8) is 0 Å². The molecule has 6 heteroatoms. The van der Waals surface area contributed by atoms with E-state index in [-0.39, 0.29) is 0 Å². The fraction of sp³-hybridized carbons (Fsp3) is 0.182. The van der Waals surface area contributed by atoms with E-state index in [1.54, 1.807) is 18.2 Å². The highest BCUT2D eigenvalue weighted by molar-refractivity contribution is 8.01. The predicted molar refractivity (Wildman–Crippen MR) is 70.2 cm³/mol. The Labute approximate surface area is 112 Å². The molecule has 0 unspecified atom stereocenters. The van der Waals surface area contributed by atoms with E-state index < -0.39 is 0 Å². The van der Waals surface area contributed by atoms with Crippen LogP contribution in [0.5, 0.6) is 0 Å². The minimum Gasteiger partial charge on any atom is -0.298 e. The maximum atomic E-state index is 10.9. The van der Waals surface area contributed by atoms with Gasteiger partial charge in [-0.2, -0.15) is 4.37 Å². The summed E-state index contributed by atoms with van der Waals surface area (Å²) in [5.41, 5.74) is 0.579. The van der Waals surface area contributed by atoms with Crippen LogP contribution in [0.25, 0.3) is 0 Å². The maximum absolute atomic E-state index is 10.9. The molecule has 0 spiro atoms. The summed E-state index contributed by atoms with van der Waals surface area (Å²) in [7, 11) is 0. The lowest BCUT2D eigenvalue weighted by Crippen LogP contribution is -1.86. The zero-order valence-electron chi connectivity index (χ0n) is 9.01. The van der Waals surface area contributed by atoms with Gasteiger partial charge in [0.25, 0.3) is 0 Å². The minimum atomic E-state index is 0.563. The summed E-state index contributed by atoms with van der Waals surface area (Å²) in [5, 5.41) is 0.563. The first-order valence-corrected chi connectivity index (χ1v) is 6.95. The number of hydrogen-bond donors (Lipinski definition) is 0. The van der Waals surface area contributed by atoms with E-state index in [9.17, 15) is 4.79 Å². The largest absolute Gasteiger partial charge is 0.298 e. The first-order valence-electron chi connectivity index (χ1n) is 4.98. The molecule has 88 valence electrons. The van der Waals surface area contributed by atoms with Crippen LogP contribution in [0.4, 0.5) is 0 Å². The van der Waals surface area contributed by atoms with Crippen LogP contribution >= 0.6 is 34.9 Å². The average molecular weight is 285 g/mol. The molecule has 1 heterocycles. The molecule has 0 saturated heterocycles. The Hall–Kier alpha value is -0.910. The van der Waals surface area contributed by atoms with E-state index in [1.165, 1.54) is 23.3 Å². The third-order valence-electron chi connectivity index (χ3n) is 2.08. The molecule has 17 heavy (non-hydrogen) atoms. The highest BCUT2D eigenvalue weighted by Gasteiger charge is 2.11. The number of aromatic nitrogens is 2. The van der Waals surface area contributed by atoms with Gasteiger partial charge in [0.2, 0.25) is 0 Å². The summed E-state index contributed by atoms with van der Waals surface area (Å²) < 4.78 is 5.00. The van der Waals surface area contributed by atoms with Gasteiger partial charge < -0.3 is 0 Å². The van der Waals surface area contributed by atoms with E-state index in [4.69, 9.17) is 11.6 Å². The smallest absolute Gasteiger partial charge is 0.174 e. The Morgan fingerprint density at radius 1 is 1.53 bits per heavy atom. The number of aldehydes is 1. The van der Waals surface area contributed by atoms with Crippen LogP contribution in [0.15, 0.2) is 27.4 Å². The van der Waals surface area contributed by atoms with Gasteiger partial charge in [-0.25, -0.2) is 4.98 Å². The molecule has 0 N–H and O–H groups in total. The second-order valence-corrected chi connectivity index (χ2v) is 5.62. The summed E-state index contributed by atoms with van der Waals surface area (Å²) >= 11 is 8.78. The Balaban J connectivity index is 2.31. The molecule has 0 atom stereocenters. The van der Waals surface area contributed by atoms with Crippen LogP contribution in [0.3, 0.4) is 0 Å². The second-order valence-electron chi connectivity index (χ2n) is 3.21. The molecular weight excluding hydrogens is 276 g/mol. The maximum Gasteiger partial charge on any atom is 0.174 e. The van der Waals surface area contributed by atoms with E-state index in [0.29, 0.717) is 10.6 Å². The van der Waals surface area contributed by atoms with Gasteiger partial charge in [0.05, 0.1) is 5.02 Å². The molecule has 2 aromatic rings. The van der Waals surface area contributed by atoms with Crippen LogP contribution in [0, 0.1) is 0 Å². The summed E-state index contributed by atoms with van der Waals surface area (Å²) in [6, 6.07) is 5.26.